The summed E-state index contributed by atoms with van der Waals surface area (Å²) >= 11 is 6.04. The van der Waals surface area contributed by atoms with Gasteiger partial charge in [-0.3, -0.25) is 14.5 Å². The Hall–Kier alpha value is -3.00. The molecule has 1 heterocycles. The van der Waals surface area contributed by atoms with Gasteiger partial charge in [0.25, 0.3) is 5.91 Å². The van der Waals surface area contributed by atoms with Gasteiger partial charge in [0.1, 0.15) is 17.2 Å². The van der Waals surface area contributed by atoms with Gasteiger partial charge < -0.3 is 10.6 Å². The van der Waals surface area contributed by atoms with E-state index in [1.807, 2.05) is 0 Å². The van der Waals surface area contributed by atoms with E-state index in [1.54, 1.807) is 0 Å². The molecule has 1 saturated heterocycles. The highest BCUT2D eigenvalue weighted by Gasteiger charge is 2.49. The lowest BCUT2D eigenvalue weighted by Gasteiger charge is -2.23. The number of benzene rings is 2. The van der Waals surface area contributed by atoms with E-state index in [-0.39, 0.29) is 23.6 Å². The predicted octanol–water partition coefficient (Wildman–Crippen LogP) is 3.41. The first-order chi connectivity index (χ1) is 13.2. The maximum absolute atomic E-state index is 13.3. The molecule has 1 fully saturated rings. The molecule has 28 heavy (non-hydrogen) atoms. The van der Waals surface area contributed by atoms with Gasteiger partial charge >= 0.3 is 6.03 Å². The van der Waals surface area contributed by atoms with Crippen molar-refractivity contribution in [1.82, 2.24) is 10.2 Å². The molecule has 1 atom stereocenters. The fourth-order valence-corrected chi connectivity index (χ4v) is 3.30. The van der Waals surface area contributed by atoms with Crippen molar-refractivity contribution in [2.75, 3.05) is 11.9 Å². The van der Waals surface area contributed by atoms with Crippen molar-refractivity contribution < 1.29 is 23.2 Å². The monoisotopic (exact) mass is 407 g/mol. The fraction of sp³-hybridized carbons (Fsp3) is 0.211. The van der Waals surface area contributed by atoms with E-state index in [4.69, 9.17) is 11.6 Å². The zero-order chi connectivity index (χ0) is 20.5. The molecule has 0 aliphatic carbocycles. The summed E-state index contributed by atoms with van der Waals surface area (Å²) in [6.45, 7) is 1.30. The van der Waals surface area contributed by atoms with Crippen LogP contribution >= 0.6 is 11.6 Å². The van der Waals surface area contributed by atoms with Crippen LogP contribution < -0.4 is 10.6 Å². The van der Waals surface area contributed by atoms with Crippen molar-refractivity contribution in [3.05, 3.63) is 64.7 Å². The van der Waals surface area contributed by atoms with Crippen molar-refractivity contribution in [1.29, 1.82) is 0 Å². The summed E-state index contributed by atoms with van der Waals surface area (Å²) in [4.78, 5) is 38.0. The Morgan fingerprint density at radius 1 is 1.14 bits per heavy atom. The number of amides is 4. The molecule has 2 N–H and O–H groups in total. The molecule has 2 aromatic rings. The Morgan fingerprint density at radius 3 is 2.43 bits per heavy atom. The lowest BCUT2D eigenvalue weighted by Crippen LogP contribution is -2.41. The van der Waals surface area contributed by atoms with Crippen LogP contribution in [0.5, 0.6) is 0 Å². The fourth-order valence-electron chi connectivity index (χ4n) is 2.95. The van der Waals surface area contributed by atoms with Crippen LogP contribution in [0, 0.1) is 11.6 Å². The highest BCUT2D eigenvalue weighted by Crippen LogP contribution is 2.34. The second-order valence-corrected chi connectivity index (χ2v) is 6.85. The van der Waals surface area contributed by atoms with Crippen LogP contribution in [-0.2, 0) is 15.1 Å². The van der Waals surface area contributed by atoms with Crippen molar-refractivity contribution >= 4 is 35.1 Å². The Bertz CT molecular complexity index is 952. The number of nitrogens with one attached hydrogen (secondary N) is 2. The summed E-state index contributed by atoms with van der Waals surface area (Å²) in [5.74, 6) is -2.04. The van der Waals surface area contributed by atoms with Crippen LogP contribution in [0.3, 0.4) is 0 Å². The van der Waals surface area contributed by atoms with Gasteiger partial charge in [0.2, 0.25) is 5.91 Å². The Kier molecular flexibility index (Phi) is 5.33. The van der Waals surface area contributed by atoms with E-state index in [0.29, 0.717) is 5.69 Å². The van der Waals surface area contributed by atoms with E-state index >= 15 is 0 Å². The maximum atomic E-state index is 13.3. The van der Waals surface area contributed by atoms with Gasteiger partial charge in [-0.25, -0.2) is 13.6 Å². The van der Waals surface area contributed by atoms with Crippen LogP contribution in [0.2, 0.25) is 5.02 Å². The lowest BCUT2D eigenvalue weighted by atomic mass is 9.92. The van der Waals surface area contributed by atoms with Crippen LogP contribution in [-0.4, -0.2) is 29.3 Å². The number of hydrogen-bond donors (Lipinski definition) is 2. The summed E-state index contributed by atoms with van der Waals surface area (Å²) in [5.41, 5.74) is -0.811. The second-order valence-electron chi connectivity index (χ2n) is 6.44. The molecule has 146 valence electrons. The number of hydrogen-bond acceptors (Lipinski definition) is 3. The summed E-state index contributed by atoms with van der Waals surface area (Å²) in [5, 5.41) is 5.10. The molecule has 0 aromatic heterocycles. The minimum absolute atomic E-state index is 0.00653. The van der Waals surface area contributed by atoms with Gasteiger partial charge in [0.05, 0.1) is 0 Å². The number of rotatable bonds is 5. The van der Waals surface area contributed by atoms with Gasteiger partial charge in [-0.05, 0) is 43.3 Å². The average Bonchev–Trinajstić information content (AvgIpc) is 2.84. The number of carbonyl (C=O) groups is 3. The smallest absolute Gasteiger partial charge is 0.325 e. The molecule has 0 bridgehead atoms. The second kappa shape index (κ2) is 7.55. The molecule has 9 heteroatoms. The molecule has 3 rings (SSSR count). The SMILES string of the molecule is CC1(c2ccc(F)cc2Cl)NC(=O)N(CCC(=O)Nc2ccc(F)cc2)C1=O. The van der Waals surface area contributed by atoms with Gasteiger partial charge in [-0.1, -0.05) is 17.7 Å². The summed E-state index contributed by atoms with van der Waals surface area (Å²) in [6.07, 6.45) is -0.149. The van der Waals surface area contributed by atoms with Gasteiger partial charge in [0.15, 0.2) is 0 Å². The number of nitrogens with zero attached hydrogens (tertiary/aromatic N) is 1. The third-order valence-corrected chi connectivity index (χ3v) is 4.75. The third-order valence-electron chi connectivity index (χ3n) is 4.44. The van der Waals surface area contributed by atoms with E-state index < -0.39 is 35.0 Å². The van der Waals surface area contributed by atoms with E-state index in [0.717, 1.165) is 17.0 Å². The minimum Gasteiger partial charge on any atom is -0.326 e. The Morgan fingerprint density at radius 2 is 1.79 bits per heavy atom. The first kappa shape index (κ1) is 19.8. The van der Waals surface area contributed by atoms with Gasteiger partial charge in [-0.15, -0.1) is 0 Å². The number of halogens is 3. The molecule has 1 aliphatic heterocycles. The normalized spacial score (nSPS) is 18.9. The van der Waals surface area contributed by atoms with Gasteiger partial charge in [0, 0.05) is 29.2 Å². The molecule has 1 aliphatic rings. The molecule has 0 saturated carbocycles. The Balaban J connectivity index is 1.68. The molecule has 0 radical (unpaired) electrons. The standard InChI is InChI=1S/C19H16ClF2N3O3/c1-19(14-7-4-12(22)10-15(14)20)17(27)25(18(28)24-19)9-8-16(26)23-13-5-2-11(21)3-6-13/h2-7,10H,8-9H2,1H3,(H,23,26)(H,24,28). The van der Waals surface area contributed by atoms with E-state index in [1.165, 1.54) is 37.3 Å². The molecule has 2 aromatic carbocycles. The number of imide groups is 1. The largest absolute Gasteiger partial charge is 0.326 e. The molecule has 1 unspecified atom stereocenters. The molecular formula is C19H16ClF2N3O3. The summed E-state index contributed by atoms with van der Waals surface area (Å²) in [6, 6.07) is 8.05. The predicted molar refractivity (Wildman–Crippen MR) is 98.7 cm³/mol. The molecule has 0 spiro atoms. The minimum atomic E-state index is -1.46. The first-order valence-electron chi connectivity index (χ1n) is 8.36. The van der Waals surface area contributed by atoms with E-state index in [2.05, 4.69) is 10.6 Å². The summed E-state index contributed by atoms with van der Waals surface area (Å²) in [7, 11) is 0. The number of anilines is 1. The summed E-state index contributed by atoms with van der Waals surface area (Å²) < 4.78 is 26.2. The molecule has 4 amide bonds. The third kappa shape index (κ3) is 3.82. The number of urea groups is 1. The molecule has 6 nitrogen and oxygen atoms in total. The van der Waals surface area contributed by atoms with Crippen molar-refractivity contribution in [3.63, 3.8) is 0 Å². The number of carbonyl (C=O) groups excluding carboxylic acids is 3. The van der Waals surface area contributed by atoms with Crippen molar-refractivity contribution in [3.8, 4) is 0 Å². The topological polar surface area (TPSA) is 78.5 Å². The molecular weight excluding hydrogens is 392 g/mol. The zero-order valence-corrected chi connectivity index (χ0v) is 15.5. The lowest BCUT2D eigenvalue weighted by molar-refractivity contribution is -0.131. The first-order valence-corrected chi connectivity index (χ1v) is 8.73. The maximum Gasteiger partial charge on any atom is 0.325 e. The van der Waals surface area contributed by atoms with Gasteiger partial charge in [-0.2, -0.15) is 0 Å². The quantitative estimate of drug-likeness (QED) is 0.745. The highest BCUT2D eigenvalue weighted by molar-refractivity contribution is 6.32. The highest BCUT2D eigenvalue weighted by atomic mass is 35.5. The van der Waals surface area contributed by atoms with Crippen LogP contribution in [0.1, 0.15) is 18.9 Å². The van der Waals surface area contributed by atoms with Crippen LogP contribution in [0.25, 0.3) is 0 Å². The average molecular weight is 408 g/mol. The Labute approximate surface area is 164 Å². The van der Waals surface area contributed by atoms with Crippen molar-refractivity contribution in [2.45, 2.75) is 18.9 Å². The van der Waals surface area contributed by atoms with Crippen molar-refractivity contribution in [2.24, 2.45) is 0 Å². The van der Waals surface area contributed by atoms with E-state index in [9.17, 15) is 23.2 Å². The zero-order valence-electron chi connectivity index (χ0n) is 14.8. The van der Waals surface area contributed by atoms with Crippen LogP contribution in [0.4, 0.5) is 19.3 Å². The van der Waals surface area contributed by atoms with Crippen LogP contribution in [0.15, 0.2) is 42.5 Å².